The lowest BCUT2D eigenvalue weighted by atomic mass is 10.1. The minimum atomic E-state index is -0.240. The first-order chi connectivity index (χ1) is 13.0. The fourth-order valence-corrected chi connectivity index (χ4v) is 3.92. The Kier molecular flexibility index (Phi) is 6.23. The Bertz CT molecular complexity index is 826. The molecular formula is C20H25N3O3S. The topological polar surface area (TPSA) is 80.3 Å². The molecule has 1 atom stereocenters. The Balaban J connectivity index is 1.71. The van der Waals surface area contributed by atoms with Gasteiger partial charge >= 0.3 is 0 Å². The van der Waals surface area contributed by atoms with Crippen molar-refractivity contribution in [3.63, 3.8) is 0 Å². The number of carbonyl (C=O) groups excluding carboxylic acids is 2. The average Bonchev–Trinajstić information content (AvgIpc) is 3.29. The number of anilines is 1. The number of hydrogen-bond acceptors (Lipinski definition) is 5. The molecule has 1 fully saturated rings. The van der Waals surface area contributed by atoms with E-state index in [1.54, 1.807) is 24.3 Å². The SMILES string of the molecule is Cc1nc(C(C)C)sc1C(=O)Nc1ccccc1C(=O)NCC1CCCO1. The molecule has 0 bridgehead atoms. The molecule has 1 aromatic heterocycles. The largest absolute Gasteiger partial charge is 0.376 e. The summed E-state index contributed by atoms with van der Waals surface area (Å²) in [5.74, 6) is -0.187. The van der Waals surface area contributed by atoms with Gasteiger partial charge in [-0.3, -0.25) is 9.59 Å². The van der Waals surface area contributed by atoms with E-state index in [4.69, 9.17) is 4.74 Å². The molecule has 0 spiro atoms. The van der Waals surface area contributed by atoms with Crippen LogP contribution in [0.1, 0.15) is 63.3 Å². The van der Waals surface area contributed by atoms with E-state index in [2.05, 4.69) is 15.6 Å². The summed E-state index contributed by atoms with van der Waals surface area (Å²) in [7, 11) is 0. The number of aryl methyl sites for hydroxylation is 1. The van der Waals surface area contributed by atoms with Crippen LogP contribution < -0.4 is 10.6 Å². The van der Waals surface area contributed by atoms with Crippen LogP contribution in [0.3, 0.4) is 0 Å². The van der Waals surface area contributed by atoms with Crippen LogP contribution in [0, 0.1) is 6.92 Å². The highest BCUT2D eigenvalue weighted by molar-refractivity contribution is 7.14. The second kappa shape index (κ2) is 8.63. The van der Waals surface area contributed by atoms with E-state index in [9.17, 15) is 9.59 Å². The van der Waals surface area contributed by atoms with E-state index < -0.39 is 0 Å². The van der Waals surface area contributed by atoms with E-state index in [1.807, 2.05) is 20.8 Å². The molecule has 0 radical (unpaired) electrons. The summed E-state index contributed by atoms with van der Waals surface area (Å²) in [6.45, 7) is 7.16. The molecule has 1 saturated heterocycles. The fraction of sp³-hybridized carbons (Fsp3) is 0.450. The van der Waals surface area contributed by atoms with Gasteiger partial charge in [0, 0.05) is 19.1 Å². The van der Waals surface area contributed by atoms with Gasteiger partial charge in [-0.1, -0.05) is 26.0 Å². The number of ether oxygens (including phenoxy) is 1. The van der Waals surface area contributed by atoms with Crippen LogP contribution in [0.15, 0.2) is 24.3 Å². The second-order valence-corrected chi connectivity index (χ2v) is 8.00. The molecule has 144 valence electrons. The van der Waals surface area contributed by atoms with Crippen molar-refractivity contribution in [1.29, 1.82) is 0 Å². The molecular weight excluding hydrogens is 362 g/mol. The smallest absolute Gasteiger partial charge is 0.267 e. The lowest BCUT2D eigenvalue weighted by Gasteiger charge is -2.13. The number of rotatable bonds is 6. The number of thiazole rings is 1. The first kappa shape index (κ1) is 19.5. The lowest BCUT2D eigenvalue weighted by Crippen LogP contribution is -2.32. The van der Waals surface area contributed by atoms with Crippen molar-refractivity contribution < 1.29 is 14.3 Å². The molecule has 2 aromatic rings. The number of nitrogens with zero attached hydrogens (tertiary/aromatic N) is 1. The quantitative estimate of drug-likeness (QED) is 0.791. The van der Waals surface area contributed by atoms with E-state index in [0.29, 0.717) is 28.4 Å². The zero-order valence-electron chi connectivity index (χ0n) is 15.9. The number of nitrogens with one attached hydrogen (secondary N) is 2. The Hall–Kier alpha value is -2.25. The van der Waals surface area contributed by atoms with Crippen LogP contribution in [0.2, 0.25) is 0 Å². The highest BCUT2D eigenvalue weighted by Gasteiger charge is 2.21. The summed E-state index contributed by atoms with van der Waals surface area (Å²) in [6.07, 6.45) is 2.06. The van der Waals surface area contributed by atoms with Crippen LogP contribution >= 0.6 is 11.3 Å². The normalized spacial score (nSPS) is 16.5. The third-order valence-corrected chi connectivity index (χ3v) is 5.90. The van der Waals surface area contributed by atoms with Gasteiger partial charge in [-0.2, -0.15) is 0 Å². The van der Waals surface area contributed by atoms with E-state index in [1.165, 1.54) is 11.3 Å². The maximum absolute atomic E-state index is 12.7. The van der Waals surface area contributed by atoms with Gasteiger partial charge < -0.3 is 15.4 Å². The maximum atomic E-state index is 12.7. The molecule has 6 nitrogen and oxygen atoms in total. The summed E-state index contributed by atoms with van der Waals surface area (Å²) in [4.78, 5) is 30.3. The Morgan fingerprint density at radius 3 is 2.74 bits per heavy atom. The van der Waals surface area contributed by atoms with Crippen LogP contribution in [-0.2, 0) is 4.74 Å². The van der Waals surface area contributed by atoms with Crippen LogP contribution in [0.4, 0.5) is 5.69 Å². The Labute approximate surface area is 163 Å². The molecule has 2 heterocycles. The maximum Gasteiger partial charge on any atom is 0.267 e. The minimum Gasteiger partial charge on any atom is -0.376 e. The molecule has 7 heteroatoms. The molecule has 2 N–H and O–H groups in total. The van der Waals surface area contributed by atoms with Crippen molar-refractivity contribution in [2.24, 2.45) is 0 Å². The lowest BCUT2D eigenvalue weighted by molar-refractivity contribution is 0.0858. The number of benzene rings is 1. The van der Waals surface area contributed by atoms with Crippen LogP contribution in [0.25, 0.3) is 0 Å². The first-order valence-electron chi connectivity index (χ1n) is 9.23. The van der Waals surface area contributed by atoms with Gasteiger partial charge in [0.15, 0.2) is 0 Å². The van der Waals surface area contributed by atoms with Gasteiger partial charge in [-0.15, -0.1) is 11.3 Å². The number of aromatic nitrogens is 1. The average molecular weight is 388 g/mol. The predicted octanol–water partition coefficient (Wildman–Crippen LogP) is 3.74. The molecule has 1 aliphatic rings. The van der Waals surface area contributed by atoms with Crippen molar-refractivity contribution in [3.8, 4) is 0 Å². The number of hydrogen-bond donors (Lipinski definition) is 2. The van der Waals surface area contributed by atoms with Crippen LogP contribution in [0.5, 0.6) is 0 Å². The van der Waals surface area contributed by atoms with Gasteiger partial charge in [0.25, 0.3) is 11.8 Å². The monoisotopic (exact) mass is 387 g/mol. The third kappa shape index (κ3) is 4.73. The number of para-hydroxylation sites is 1. The van der Waals surface area contributed by atoms with E-state index >= 15 is 0 Å². The standard InChI is InChI=1S/C20H25N3O3S/c1-12(2)20-22-13(3)17(27-20)19(25)23-16-9-5-4-8-15(16)18(24)21-11-14-7-6-10-26-14/h4-5,8-9,12,14H,6-7,10-11H2,1-3H3,(H,21,24)(H,23,25). The van der Waals surface area contributed by atoms with Gasteiger partial charge in [0.05, 0.1) is 28.1 Å². The molecule has 1 unspecified atom stereocenters. The highest BCUT2D eigenvalue weighted by atomic mass is 32.1. The van der Waals surface area contributed by atoms with Gasteiger partial charge in [0.2, 0.25) is 0 Å². The zero-order valence-corrected chi connectivity index (χ0v) is 16.7. The summed E-state index contributed by atoms with van der Waals surface area (Å²) in [6, 6.07) is 7.02. The van der Waals surface area contributed by atoms with E-state index in [-0.39, 0.29) is 23.8 Å². The van der Waals surface area contributed by atoms with Crippen molar-refractivity contribution in [2.75, 3.05) is 18.5 Å². The summed E-state index contributed by atoms with van der Waals surface area (Å²) >= 11 is 1.40. The van der Waals surface area contributed by atoms with Gasteiger partial charge in [0.1, 0.15) is 4.88 Å². The van der Waals surface area contributed by atoms with Crippen molar-refractivity contribution in [2.45, 2.75) is 45.6 Å². The molecule has 0 saturated carbocycles. The molecule has 0 aliphatic carbocycles. The molecule has 1 aliphatic heterocycles. The molecule has 1 aromatic carbocycles. The molecule has 2 amide bonds. The predicted molar refractivity (Wildman–Crippen MR) is 107 cm³/mol. The van der Waals surface area contributed by atoms with Crippen molar-refractivity contribution >= 4 is 28.8 Å². The molecule has 27 heavy (non-hydrogen) atoms. The summed E-state index contributed by atoms with van der Waals surface area (Å²) in [5.41, 5.74) is 1.64. The third-order valence-electron chi connectivity index (χ3n) is 4.45. The minimum absolute atomic E-state index is 0.0741. The number of amides is 2. The summed E-state index contributed by atoms with van der Waals surface area (Å²) in [5, 5.41) is 6.70. The van der Waals surface area contributed by atoms with Gasteiger partial charge in [-0.25, -0.2) is 4.98 Å². The van der Waals surface area contributed by atoms with E-state index in [0.717, 1.165) is 24.5 Å². The van der Waals surface area contributed by atoms with Crippen molar-refractivity contribution in [3.05, 3.63) is 45.4 Å². The fourth-order valence-electron chi connectivity index (χ4n) is 2.95. The van der Waals surface area contributed by atoms with Crippen LogP contribution in [-0.4, -0.2) is 36.1 Å². The Morgan fingerprint density at radius 1 is 1.30 bits per heavy atom. The highest BCUT2D eigenvalue weighted by Crippen LogP contribution is 2.26. The second-order valence-electron chi connectivity index (χ2n) is 6.97. The summed E-state index contributed by atoms with van der Waals surface area (Å²) < 4.78 is 5.54. The first-order valence-corrected chi connectivity index (χ1v) is 10.0. The van der Waals surface area contributed by atoms with Crippen molar-refractivity contribution in [1.82, 2.24) is 10.3 Å². The number of carbonyl (C=O) groups is 2. The van der Waals surface area contributed by atoms with Gasteiger partial charge in [-0.05, 0) is 31.9 Å². The zero-order chi connectivity index (χ0) is 19.4. The Morgan fingerprint density at radius 2 is 2.07 bits per heavy atom. The molecule has 3 rings (SSSR count).